The molecule has 4 rings (SSSR count). The average Bonchev–Trinajstić information content (AvgIpc) is 3.46. The van der Waals surface area contributed by atoms with Gasteiger partial charge in [0.2, 0.25) is 0 Å². The second kappa shape index (κ2) is 8.88. The van der Waals surface area contributed by atoms with E-state index >= 15 is 0 Å². The molecule has 0 aliphatic carbocycles. The molecule has 0 unspecified atom stereocenters. The molecule has 0 saturated carbocycles. The van der Waals surface area contributed by atoms with Crippen LogP contribution in [0.3, 0.4) is 0 Å². The van der Waals surface area contributed by atoms with Crippen molar-refractivity contribution >= 4 is 22.7 Å². The van der Waals surface area contributed by atoms with Crippen LogP contribution in [-0.2, 0) is 0 Å². The second-order valence-corrected chi connectivity index (χ2v) is 9.01. The van der Waals surface area contributed by atoms with Crippen LogP contribution in [0.2, 0.25) is 0 Å². The number of aliphatic hydroxyl groups is 1. The van der Waals surface area contributed by atoms with E-state index in [0.717, 1.165) is 36.5 Å². The quantitative estimate of drug-likeness (QED) is 0.667. The Morgan fingerprint density at radius 2 is 2.10 bits per heavy atom. The fourth-order valence-corrected chi connectivity index (χ4v) is 5.36. The minimum Gasteiger partial charge on any atom is -0.509 e. The molecule has 0 amide bonds. The molecule has 166 valence electrons. The summed E-state index contributed by atoms with van der Waals surface area (Å²) in [7, 11) is 5.42. The van der Waals surface area contributed by atoms with Gasteiger partial charge in [-0.25, -0.2) is 4.98 Å². The van der Waals surface area contributed by atoms with E-state index in [1.165, 1.54) is 24.2 Å². The first-order valence-corrected chi connectivity index (χ1v) is 11.5. The molecular weight excluding hydrogens is 412 g/mol. The normalized spacial score (nSPS) is 21.9. The van der Waals surface area contributed by atoms with Crippen LogP contribution in [0.4, 0.5) is 0 Å². The third-order valence-electron chi connectivity index (χ3n) is 6.42. The Labute approximate surface area is 187 Å². The third-order valence-corrected chi connectivity index (χ3v) is 7.28. The summed E-state index contributed by atoms with van der Waals surface area (Å²) in [4.78, 5) is 9.14. The zero-order chi connectivity index (χ0) is 22.1. The highest BCUT2D eigenvalue weighted by Gasteiger charge is 2.36. The van der Waals surface area contributed by atoms with Gasteiger partial charge in [0.15, 0.2) is 0 Å². The van der Waals surface area contributed by atoms with Crippen molar-refractivity contribution in [3.63, 3.8) is 0 Å². The predicted octanol–water partition coefficient (Wildman–Crippen LogP) is 4.26. The highest BCUT2D eigenvalue weighted by atomic mass is 32.1. The number of nitrogens with one attached hydrogen (secondary N) is 1. The molecule has 7 nitrogen and oxygen atoms in total. The number of nitrogens with zero attached hydrogens (tertiary/aromatic N) is 3. The molecule has 1 saturated heterocycles. The minimum absolute atomic E-state index is 0.215. The number of hydrogen-bond acceptors (Lipinski definition) is 7. The van der Waals surface area contributed by atoms with Crippen molar-refractivity contribution < 1.29 is 14.6 Å². The number of aromatic nitrogens is 1. The molecule has 2 aliphatic heterocycles. The molecule has 8 heteroatoms. The lowest BCUT2D eigenvalue weighted by atomic mass is 10.1. The van der Waals surface area contributed by atoms with Gasteiger partial charge in [-0.15, -0.1) is 11.3 Å². The summed E-state index contributed by atoms with van der Waals surface area (Å²) in [6, 6.07) is 5.92. The standard InChI is InChI=1S/C23H30N4O3S/c1-14-21(28)20(22(24)27(14)11-9-15-6-5-10-26(15)2)23-25-18(13-31-23)17-12-16(29-3)7-8-19(17)30-4/h7-8,12-15,24,28H,5-6,9-11H2,1-4H3/t14-,15-/m0/s1. The second-order valence-electron chi connectivity index (χ2n) is 8.15. The van der Waals surface area contributed by atoms with Crippen LogP contribution < -0.4 is 9.47 Å². The topological polar surface area (TPSA) is 81.9 Å². The van der Waals surface area contributed by atoms with Crippen molar-refractivity contribution in [1.29, 1.82) is 5.41 Å². The Kier molecular flexibility index (Phi) is 6.20. The van der Waals surface area contributed by atoms with Crippen molar-refractivity contribution in [3.8, 4) is 22.8 Å². The van der Waals surface area contributed by atoms with Gasteiger partial charge >= 0.3 is 0 Å². The summed E-state index contributed by atoms with van der Waals surface area (Å²) in [6.07, 6.45) is 3.43. The fourth-order valence-electron chi connectivity index (χ4n) is 4.49. The fraction of sp³-hybridized carbons (Fsp3) is 0.478. The van der Waals surface area contributed by atoms with Crippen LogP contribution in [0.5, 0.6) is 11.5 Å². The van der Waals surface area contributed by atoms with E-state index in [1.54, 1.807) is 14.2 Å². The van der Waals surface area contributed by atoms with Gasteiger partial charge in [0.05, 0.1) is 31.5 Å². The number of likely N-dealkylation sites (tertiary alicyclic amines) is 1. The van der Waals surface area contributed by atoms with Crippen molar-refractivity contribution in [3.05, 3.63) is 34.3 Å². The maximum Gasteiger partial charge on any atom is 0.135 e. The molecule has 0 bridgehead atoms. The lowest BCUT2D eigenvalue weighted by Crippen LogP contribution is -2.37. The number of thiazole rings is 1. The van der Waals surface area contributed by atoms with Crippen molar-refractivity contribution in [2.24, 2.45) is 0 Å². The molecule has 2 aromatic rings. The number of ether oxygens (including phenoxy) is 2. The van der Waals surface area contributed by atoms with Crippen LogP contribution in [0.25, 0.3) is 16.8 Å². The van der Waals surface area contributed by atoms with Gasteiger partial charge in [0.1, 0.15) is 28.1 Å². The summed E-state index contributed by atoms with van der Waals surface area (Å²) in [6.45, 7) is 3.85. The van der Waals surface area contributed by atoms with E-state index in [0.29, 0.717) is 28.2 Å². The Morgan fingerprint density at radius 1 is 1.29 bits per heavy atom. The van der Waals surface area contributed by atoms with E-state index in [2.05, 4.69) is 11.9 Å². The molecular formula is C23H30N4O3S. The van der Waals surface area contributed by atoms with Gasteiger partial charge < -0.3 is 24.4 Å². The van der Waals surface area contributed by atoms with Gasteiger partial charge in [0.25, 0.3) is 0 Å². The Bertz CT molecular complexity index is 1000. The lowest BCUT2D eigenvalue weighted by molar-refractivity contribution is 0.242. The van der Waals surface area contributed by atoms with E-state index in [-0.39, 0.29) is 11.8 Å². The van der Waals surface area contributed by atoms with Crippen molar-refractivity contribution in [2.75, 3.05) is 34.4 Å². The molecule has 2 atom stereocenters. The Balaban J connectivity index is 1.56. The first-order chi connectivity index (χ1) is 14.9. The number of aliphatic hydroxyl groups excluding tert-OH is 1. The molecule has 3 heterocycles. The smallest absolute Gasteiger partial charge is 0.135 e. The first kappa shape index (κ1) is 21.6. The van der Waals surface area contributed by atoms with Gasteiger partial charge in [0, 0.05) is 23.5 Å². The SMILES string of the molecule is COc1ccc(OC)c(-c2csc(C3=C(O)[C@H](C)N(CC[C@@H]4CCCN4C)C3=N)n2)c1. The average molecular weight is 443 g/mol. The monoisotopic (exact) mass is 442 g/mol. The van der Waals surface area contributed by atoms with E-state index in [4.69, 9.17) is 19.9 Å². The molecule has 2 aliphatic rings. The molecule has 1 aromatic carbocycles. The lowest BCUT2D eigenvalue weighted by Gasteiger charge is -2.27. The molecule has 1 fully saturated rings. The van der Waals surface area contributed by atoms with E-state index < -0.39 is 0 Å². The van der Waals surface area contributed by atoms with Gasteiger partial charge in [-0.2, -0.15) is 0 Å². The summed E-state index contributed by atoms with van der Waals surface area (Å²) in [5.41, 5.74) is 2.09. The maximum absolute atomic E-state index is 10.9. The molecule has 0 radical (unpaired) electrons. The summed E-state index contributed by atoms with van der Waals surface area (Å²) in [5.74, 6) is 2.00. The molecule has 2 N–H and O–H groups in total. The van der Waals surface area contributed by atoms with Crippen LogP contribution in [-0.4, -0.2) is 72.2 Å². The highest BCUT2D eigenvalue weighted by Crippen LogP contribution is 2.38. The number of benzene rings is 1. The number of rotatable bonds is 7. The van der Waals surface area contributed by atoms with Crippen LogP contribution >= 0.6 is 11.3 Å². The summed E-state index contributed by atoms with van der Waals surface area (Å²) >= 11 is 1.43. The Hall–Kier alpha value is -2.58. The third kappa shape index (κ3) is 4.02. The van der Waals surface area contributed by atoms with Gasteiger partial charge in [-0.05, 0) is 58.0 Å². The largest absolute Gasteiger partial charge is 0.509 e. The highest BCUT2D eigenvalue weighted by molar-refractivity contribution is 7.11. The zero-order valence-corrected chi connectivity index (χ0v) is 19.3. The van der Waals surface area contributed by atoms with Crippen LogP contribution in [0.1, 0.15) is 31.2 Å². The zero-order valence-electron chi connectivity index (χ0n) is 18.5. The van der Waals surface area contributed by atoms with Crippen molar-refractivity contribution in [2.45, 2.75) is 38.3 Å². The number of hydrogen-bond donors (Lipinski definition) is 2. The summed E-state index contributed by atoms with van der Waals surface area (Å²) in [5, 5.41) is 22.2. The van der Waals surface area contributed by atoms with Crippen LogP contribution in [0, 0.1) is 5.41 Å². The molecule has 1 aromatic heterocycles. The summed E-state index contributed by atoms with van der Waals surface area (Å²) < 4.78 is 10.8. The van der Waals surface area contributed by atoms with E-state index in [9.17, 15) is 5.11 Å². The van der Waals surface area contributed by atoms with Crippen LogP contribution in [0.15, 0.2) is 29.3 Å². The Morgan fingerprint density at radius 3 is 2.77 bits per heavy atom. The van der Waals surface area contributed by atoms with Crippen molar-refractivity contribution in [1.82, 2.24) is 14.8 Å². The number of amidine groups is 1. The van der Waals surface area contributed by atoms with Gasteiger partial charge in [-0.3, -0.25) is 5.41 Å². The molecule has 0 spiro atoms. The maximum atomic E-state index is 10.9. The van der Waals surface area contributed by atoms with E-state index in [1.807, 2.05) is 35.4 Å². The minimum atomic E-state index is -0.215. The van der Waals surface area contributed by atoms with Gasteiger partial charge in [-0.1, -0.05) is 0 Å². The first-order valence-electron chi connectivity index (χ1n) is 10.6. The molecule has 31 heavy (non-hydrogen) atoms. The number of methoxy groups -OCH3 is 2. The predicted molar refractivity (Wildman–Crippen MR) is 124 cm³/mol.